The minimum atomic E-state index is -0.0867. The topological polar surface area (TPSA) is 105 Å². The van der Waals surface area contributed by atoms with Gasteiger partial charge in [0.15, 0.2) is 0 Å². The zero-order chi connectivity index (χ0) is 15.1. The summed E-state index contributed by atoms with van der Waals surface area (Å²) in [5, 5.41) is 16.1. The highest BCUT2D eigenvalue weighted by atomic mass is 15.3. The van der Waals surface area contributed by atoms with Crippen LogP contribution in [-0.4, -0.2) is 16.7 Å². The van der Waals surface area contributed by atoms with Gasteiger partial charge in [-0.1, -0.05) is 6.07 Å². The van der Waals surface area contributed by atoms with Crippen molar-refractivity contribution in [1.82, 2.24) is 4.57 Å². The first kappa shape index (κ1) is 14.1. The van der Waals surface area contributed by atoms with E-state index in [9.17, 15) is 0 Å². The van der Waals surface area contributed by atoms with Gasteiger partial charge in [0, 0.05) is 23.8 Å². The summed E-state index contributed by atoms with van der Waals surface area (Å²) in [6.07, 6.45) is 7.00. The maximum absolute atomic E-state index is 8.95. The predicted molar refractivity (Wildman–Crippen MR) is 83.8 cm³/mol. The lowest BCUT2D eigenvalue weighted by atomic mass is 10.2. The van der Waals surface area contributed by atoms with Crippen LogP contribution in [-0.2, 0) is 0 Å². The number of nitriles is 1. The normalized spacial score (nSPS) is 10.8. The van der Waals surface area contributed by atoms with Gasteiger partial charge in [0.25, 0.3) is 0 Å². The third kappa shape index (κ3) is 3.81. The number of nitrogens with two attached hydrogens (primary N) is 2. The molecule has 2 aromatic rings. The minimum Gasteiger partial charge on any atom is -0.369 e. The SMILES string of the molecule is N#Cc1cccc(-n2cccc2/C=C\C=N\N=C(N)N)c1. The van der Waals surface area contributed by atoms with E-state index in [1.54, 1.807) is 12.1 Å². The highest BCUT2D eigenvalue weighted by Gasteiger charge is 2.01. The Bertz CT molecular complexity index is 742. The van der Waals surface area contributed by atoms with Gasteiger partial charge in [-0.3, -0.25) is 0 Å². The lowest BCUT2D eigenvalue weighted by Crippen LogP contribution is -2.21. The van der Waals surface area contributed by atoms with Crippen LogP contribution in [0.3, 0.4) is 0 Å². The highest BCUT2D eigenvalue weighted by Crippen LogP contribution is 2.15. The first-order valence-electron chi connectivity index (χ1n) is 6.17. The van der Waals surface area contributed by atoms with E-state index >= 15 is 0 Å². The third-order valence-electron chi connectivity index (χ3n) is 2.63. The number of rotatable bonds is 4. The molecule has 1 heterocycles. The van der Waals surface area contributed by atoms with Crippen LogP contribution in [0.1, 0.15) is 11.3 Å². The quantitative estimate of drug-likeness (QED) is 0.504. The van der Waals surface area contributed by atoms with E-state index in [-0.39, 0.29) is 5.96 Å². The zero-order valence-corrected chi connectivity index (χ0v) is 11.2. The van der Waals surface area contributed by atoms with Crippen LogP contribution in [0.4, 0.5) is 0 Å². The Morgan fingerprint density at radius 1 is 1.24 bits per heavy atom. The standard InChI is InChI=1S/C15H14N6/c16-11-12-4-1-5-14(10-12)21-9-3-7-13(21)6-2-8-19-20-15(17)18/h1-10H,(H4,17,18,20)/b6-2-,19-8+. The highest BCUT2D eigenvalue weighted by molar-refractivity contribution is 5.80. The smallest absolute Gasteiger partial charge is 0.211 e. The van der Waals surface area contributed by atoms with Gasteiger partial charge in [0.05, 0.1) is 11.6 Å². The van der Waals surface area contributed by atoms with E-state index in [1.165, 1.54) is 6.21 Å². The lowest BCUT2D eigenvalue weighted by Gasteiger charge is -2.06. The van der Waals surface area contributed by atoms with Crippen molar-refractivity contribution in [3.8, 4) is 11.8 Å². The van der Waals surface area contributed by atoms with Crippen molar-refractivity contribution in [2.24, 2.45) is 21.7 Å². The van der Waals surface area contributed by atoms with Crippen LogP contribution >= 0.6 is 0 Å². The summed E-state index contributed by atoms with van der Waals surface area (Å²) in [7, 11) is 0. The van der Waals surface area contributed by atoms with E-state index in [4.69, 9.17) is 16.7 Å². The maximum Gasteiger partial charge on any atom is 0.211 e. The Kier molecular flexibility index (Phi) is 4.51. The van der Waals surface area contributed by atoms with Gasteiger partial charge in [0.1, 0.15) is 0 Å². The molecule has 2 rings (SSSR count). The molecule has 0 atom stereocenters. The second kappa shape index (κ2) is 6.73. The molecule has 0 unspecified atom stereocenters. The molecule has 6 heteroatoms. The first-order chi connectivity index (χ1) is 10.2. The third-order valence-corrected chi connectivity index (χ3v) is 2.63. The van der Waals surface area contributed by atoms with E-state index in [1.807, 2.05) is 47.2 Å². The fourth-order valence-corrected chi connectivity index (χ4v) is 1.77. The monoisotopic (exact) mass is 278 g/mol. The van der Waals surface area contributed by atoms with Crippen molar-refractivity contribution in [2.45, 2.75) is 0 Å². The molecule has 0 aliphatic rings. The molecular formula is C15H14N6. The van der Waals surface area contributed by atoms with Gasteiger partial charge in [-0.2, -0.15) is 10.4 Å². The molecule has 0 bridgehead atoms. The van der Waals surface area contributed by atoms with E-state index in [2.05, 4.69) is 16.3 Å². The molecule has 0 amide bonds. The number of guanidine groups is 1. The molecule has 4 N–H and O–H groups in total. The minimum absolute atomic E-state index is 0.0867. The predicted octanol–water partition coefficient (Wildman–Crippen LogP) is 1.62. The van der Waals surface area contributed by atoms with Crippen LogP contribution in [0.2, 0.25) is 0 Å². The summed E-state index contributed by atoms with van der Waals surface area (Å²) < 4.78 is 1.96. The summed E-state index contributed by atoms with van der Waals surface area (Å²) in [6.45, 7) is 0. The van der Waals surface area contributed by atoms with Gasteiger partial charge in [-0.15, -0.1) is 5.10 Å². The largest absolute Gasteiger partial charge is 0.369 e. The summed E-state index contributed by atoms with van der Waals surface area (Å²) in [5.74, 6) is -0.0867. The summed E-state index contributed by atoms with van der Waals surface area (Å²) in [6, 6.07) is 13.4. The average Bonchev–Trinajstić information content (AvgIpc) is 2.95. The second-order valence-electron chi connectivity index (χ2n) is 4.11. The van der Waals surface area contributed by atoms with Crippen molar-refractivity contribution in [1.29, 1.82) is 5.26 Å². The second-order valence-corrected chi connectivity index (χ2v) is 4.11. The molecule has 0 spiro atoms. The number of allylic oxidation sites excluding steroid dienone is 1. The first-order valence-corrected chi connectivity index (χ1v) is 6.17. The Balaban J connectivity index is 2.23. The summed E-state index contributed by atoms with van der Waals surface area (Å²) in [5.41, 5.74) is 12.8. The zero-order valence-electron chi connectivity index (χ0n) is 11.2. The van der Waals surface area contributed by atoms with Crippen molar-refractivity contribution in [3.05, 3.63) is 59.9 Å². The van der Waals surface area contributed by atoms with Crippen molar-refractivity contribution < 1.29 is 0 Å². The Morgan fingerprint density at radius 2 is 2.10 bits per heavy atom. The molecule has 104 valence electrons. The van der Waals surface area contributed by atoms with Crippen molar-refractivity contribution in [2.75, 3.05) is 0 Å². The van der Waals surface area contributed by atoms with Crippen LogP contribution in [0.25, 0.3) is 11.8 Å². The molecule has 0 radical (unpaired) electrons. The molecule has 0 aliphatic heterocycles. The van der Waals surface area contributed by atoms with E-state index in [0.717, 1.165) is 11.4 Å². The number of aromatic nitrogens is 1. The number of hydrogen-bond acceptors (Lipinski definition) is 3. The van der Waals surface area contributed by atoms with Crippen LogP contribution in [0, 0.1) is 11.3 Å². The molecule has 21 heavy (non-hydrogen) atoms. The van der Waals surface area contributed by atoms with E-state index < -0.39 is 0 Å². The average molecular weight is 278 g/mol. The Hall–Kier alpha value is -3.33. The van der Waals surface area contributed by atoms with Gasteiger partial charge in [-0.25, -0.2) is 0 Å². The molecule has 1 aromatic heterocycles. The van der Waals surface area contributed by atoms with Crippen LogP contribution < -0.4 is 11.5 Å². The van der Waals surface area contributed by atoms with Crippen LogP contribution in [0.5, 0.6) is 0 Å². The van der Waals surface area contributed by atoms with Gasteiger partial charge in [0.2, 0.25) is 5.96 Å². The molecule has 0 saturated carbocycles. The molecular weight excluding hydrogens is 264 g/mol. The number of nitrogens with zero attached hydrogens (tertiary/aromatic N) is 4. The molecule has 6 nitrogen and oxygen atoms in total. The summed E-state index contributed by atoms with van der Waals surface area (Å²) >= 11 is 0. The fraction of sp³-hybridized carbons (Fsp3) is 0. The molecule has 0 aliphatic carbocycles. The Labute approximate surface area is 122 Å². The van der Waals surface area contributed by atoms with Gasteiger partial charge < -0.3 is 16.0 Å². The van der Waals surface area contributed by atoms with Crippen molar-refractivity contribution in [3.63, 3.8) is 0 Å². The van der Waals surface area contributed by atoms with Crippen molar-refractivity contribution >= 4 is 18.3 Å². The molecule has 0 fully saturated rings. The van der Waals surface area contributed by atoms with Gasteiger partial charge in [-0.05, 0) is 42.5 Å². The maximum atomic E-state index is 8.95. The fourth-order valence-electron chi connectivity index (χ4n) is 1.77. The van der Waals surface area contributed by atoms with Crippen LogP contribution in [0.15, 0.2) is 58.9 Å². The number of hydrogen-bond donors (Lipinski definition) is 2. The molecule has 1 aromatic carbocycles. The van der Waals surface area contributed by atoms with E-state index in [0.29, 0.717) is 5.56 Å². The lowest BCUT2D eigenvalue weighted by molar-refractivity contribution is 1.06. The number of benzene rings is 1. The summed E-state index contributed by atoms with van der Waals surface area (Å²) in [4.78, 5) is 0. The Morgan fingerprint density at radius 3 is 2.86 bits per heavy atom. The molecule has 0 saturated heterocycles. The van der Waals surface area contributed by atoms with Gasteiger partial charge >= 0.3 is 0 Å².